The standard InChI is InChI=1S/C15H19F3N6O/c1-9(2)12(25)23-6-4-22(5-7-23)11-8-10(3)19-14-20-13(15(16,17)18)21-24(11)14/h8-9H,4-7H2,1-3H3. The molecule has 1 aliphatic heterocycles. The Kier molecular flexibility index (Phi) is 4.29. The first-order chi connectivity index (χ1) is 11.7. The summed E-state index contributed by atoms with van der Waals surface area (Å²) < 4.78 is 39.8. The minimum Gasteiger partial charge on any atom is -0.353 e. The summed E-state index contributed by atoms with van der Waals surface area (Å²) in [6, 6.07) is 1.68. The summed E-state index contributed by atoms with van der Waals surface area (Å²) >= 11 is 0. The van der Waals surface area contributed by atoms with Gasteiger partial charge in [-0.1, -0.05) is 13.8 Å². The molecule has 3 heterocycles. The van der Waals surface area contributed by atoms with E-state index in [9.17, 15) is 18.0 Å². The second kappa shape index (κ2) is 6.16. The van der Waals surface area contributed by atoms with Gasteiger partial charge in [-0.2, -0.15) is 22.7 Å². The molecule has 10 heteroatoms. The van der Waals surface area contributed by atoms with Crippen LogP contribution < -0.4 is 4.90 Å². The van der Waals surface area contributed by atoms with Gasteiger partial charge in [-0.15, -0.1) is 5.10 Å². The molecule has 2 aromatic rings. The molecule has 0 bridgehead atoms. The van der Waals surface area contributed by atoms with Crippen LogP contribution in [-0.4, -0.2) is 56.6 Å². The molecule has 0 radical (unpaired) electrons. The molecule has 136 valence electrons. The van der Waals surface area contributed by atoms with Crippen molar-refractivity contribution >= 4 is 17.5 Å². The van der Waals surface area contributed by atoms with Crippen molar-refractivity contribution in [2.24, 2.45) is 5.92 Å². The Hall–Kier alpha value is -2.39. The monoisotopic (exact) mass is 356 g/mol. The third-order valence-electron chi connectivity index (χ3n) is 4.08. The minimum absolute atomic E-state index is 0.0777. The largest absolute Gasteiger partial charge is 0.453 e. The van der Waals surface area contributed by atoms with E-state index in [0.29, 0.717) is 37.7 Å². The zero-order chi connectivity index (χ0) is 18.4. The van der Waals surface area contributed by atoms with Crippen LogP contribution >= 0.6 is 0 Å². The third kappa shape index (κ3) is 3.38. The first-order valence-electron chi connectivity index (χ1n) is 8.02. The van der Waals surface area contributed by atoms with Crippen LogP contribution in [0, 0.1) is 12.8 Å². The van der Waals surface area contributed by atoms with Gasteiger partial charge in [0, 0.05) is 43.9 Å². The Morgan fingerprint density at radius 1 is 1.16 bits per heavy atom. The first-order valence-corrected chi connectivity index (χ1v) is 8.02. The van der Waals surface area contributed by atoms with E-state index in [1.807, 2.05) is 18.7 Å². The van der Waals surface area contributed by atoms with Gasteiger partial charge in [0.1, 0.15) is 5.82 Å². The SMILES string of the molecule is Cc1cc(N2CCN(C(=O)C(C)C)CC2)n2nc(C(F)(F)F)nc2n1. The van der Waals surface area contributed by atoms with Crippen LogP contribution in [0.25, 0.3) is 5.78 Å². The maximum Gasteiger partial charge on any atom is 0.453 e. The Bertz CT molecular complexity index is 792. The van der Waals surface area contributed by atoms with Gasteiger partial charge in [-0.3, -0.25) is 4.79 Å². The fourth-order valence-corrected chi connectivity index (χ4v) is 2.83. The number of rotatable bonds is 2. The lowest BCUT2D eigenvalue weighted by Crippen LogP contribution is -2.50. The van der Waals surface area contributed by atoms with Crippen molar-refractivity contribution in [3.63, 3.8) is 0 Å². The molecule has 1 saturated heterocycles. The molecule has 1 fully saturated rings. The summed E-state index contributed by atoms with van der Waals surface area (Å²) in [7, 11) is 0. The molecule has 1 aliphatic rings. The van der Waals surface area contributed by atoms with Gasteiger partial charge in [0.2, 0.25) is 5.91 Å². The molecule has 0 saturated carbocycles. The Balaban J connectivity index is 1.89. The molecule has 0 aliphatic carbocycles. The third-order valence-corrected chi connectivity index (χ3v) is 4.08. The highest BCUT2D eigenvalue weighted by atomic mass is 19.4. The van der Waals surface area contributed by atoms with Crippen LogP contribution in [0.2, 0.25) is 0 Å². The summed E-state index contributed by atoms with van der Waals surface area (Å²) in [4.78, 5) is 23.3. The molecule has 1 amide bonds. The number of carbonyl (C=O) groups excluding carboxylic acids is 1. The number of carbonyl (C=O) groups is 1. The second-order valence-corrected chi connectivity index (χ2v) is 6.37. The highest BCUT2D eigenvalue weighted by Gasteiger charge is 2.37. The van der Waals surface area contributed by atoms with E-state index in [-0.39, 0.29) is 17.6 Å². The van der Waals surface area contributed by atoms with Gasteiger partial charge in [0.25, 0.3) is 11.6 Å². The van der Waals surface area contributed by atoms with Crippen molar-refractivity contribution in [3.05, 3.63) is 17.6 Å². The summed E-state index contributed by atoms with van der Waals surface area (Å²) in [5, 5.41) is 3.58. The lowest BCUT2D eigenvalue weighted by atomic mass is 10.1. The van der Waals surface area contributed by atoms with E-state index < -0.39 is 12.0 Å². The maximum atomic E-state index is 12.9. The smallest absolute Gasteiger partial charge is 0.353 e. The molecule has 3 rings (SSSR count). The Labute approximate surface area is 142 Å². The molecule has 0 spiro atoms. The Morgan fingerprint density at radius 2 is 1.80 bits per heavy atom. The molecule has 25 heavy (non-hydrogen) atoms. The van der Waals surface area contributed by atoms with E-state index in [2.05, 4.69) is 15.1 Å². The van der Waals surface area contributed by atoms with Crippen molar-refractivity contribution < 1.29 is 18.0 Å². The molecule has 2 aromatic heterocycles. The number of amides is 1. The van der Waals surface area contributed by atoms with Gasteiger partial charge in [0.05, 0.1) is 0 Å². The number of hydrogen-bond acceptors (Lipinski definition) is 5. The van der Waals surface area contributed by atoms with Gasteiger partial charge >= 0.3 is 6.18 Å². The topological polar surface area (TPSA) is 66.6 Å². The van der Waals surface area contributed by atoms with Crippen molar-refractivity contribution in [3.8, 4) is 0 Å². The first kappa shape index (κ1) is 17.4. The van der Waals surface area contributed by atoms with E-state index in [0.717, 1.165) is 4.52 Å². The van der Waals surface area contributed by atoms with E-state index in [1.54, 1.807) is 17.9 Å². The van der Waals surface area contributed by atoms with Gasteiger partial charge < -0.3 is 9.80 Å². The van der Waals surface area contributed by atoms with Crippen molar-refractivity contribution in [2.75, 3.05) is 31.1 Å². The van der Waals surface area contributed by atoms with Crippen LogP contribution in [0.5, 0.6) is 0 Å². The molecule has 7 nitrogen and oxygen atoms in total. The normalized spacial score (nSPS) is 16.1. The van der Waals surface area contributed by atoms with Crippen LogP contribution in [0.1, 0.15) is 25.4 Å². The van der Waals surface area contributed by atoms with Crippen molar-refractivity contribution in [1.82, 2.24) is 24.5 Å². The van der Waals surface area contributed by atoms with Crippen molar-refractivity contribution in [1.29, 1.82) is 0 Å². The number of alkyl halides is 3. The number of anilines is 1. The maximum absolute atomic E-state index is 12.9. The predicted molar refractivity (Wildman–Crippen MR) is 84.2 cm³/mol. The number of hydrogen-bond donors (Lipinski definition) is 0. The highest BCUT2D eigenvalue weighted by molar-refractivity contribution is 5.78. The lowest BCUT2D eigenvalue weighted by molar-refractivity contribution is -0.144. The van der Waals surface area contributed by atoms with Crippen LogP contribution in [0.4, 0.5) is 19.0 Å². The van der Waals surface area contributed by atoms with Gasteiger partial charge in [0.15, 0.2) is 0 Å². The molecular weight excluding hydrogens is 337 g/mol. The van der Waals surface area contributed by atoms with Crippen LogP contribution in [0.15, 0.2) is 6.07 Å². The van der Waals surface area contributed by atoms with Crippen molar-refractivity contribution in [2.45, 2.75) is 26.9 Å². The molecular formula is C15H19F3N6O. The van der Waals surface area contributed by atoms with E-state index in [1.165, 1.54) is 0 Å². The Morgan fingerprint density at radius 3 is 2.36 bits per heavy atom. The van der Waals surface area contributed by atoms with Gasteiger partial charge in [-0.05, 0) is 6.92 Å². The number of fused-ring (bicyclic) bond motifs is 1. The number of aromatic nitrogens is 4. The fourth-order valence-electron chi connectivity index (χ4n) is 2.83. The van der Waals surface area contributed by atoms with E-state index >= 15 is 0 Å². The average molecular weight is 356 g/mol. The second-order valence-electron chi connectivity index (χ2n) is 6.37. The summed E-state index contributed by atoms with van der Waals surface area (Å²) in [5.41, 5.74) is 0.560. The number of piperazine rings is 1. The lowest BCUT2D eigenvalue weighted by Gasteiger charge is -2.36. The van der Waals surface area contributed by atoms with Crippen LogP contribution in [0.3, 0.4) is 0 Å². The van der Waals surface area contributed by atoms with Crippen LogP contribution in [-0.2, 0) is 11.0 Å². The summed E-state index contributed by atoms with van der Waals surface area (Å²) in [6.45, 7) is 7.44. The summed E-state index contributed by atoms with van der Waals surface area (Å²) in [6.07, 6.45) is -4.62. The fraction of sp³-hybridized carbons (Fsp3) is 0.600. The molecule has 0 unspecified atom stereocenters. The molecule has 0 atom stereocenters. The molecule has 0 aromatic carbocycles. The van der Waals surface area contributed by atoms with E-state index in [4.69, 9.17) is 0 Å². The summed E-state index contributed by atoms with van der Waals surface area (Å²) in [5.74, 6) is -0.785. The average Bonchev–Trinajstić information content (AvgIpc) is 2.97. The predicted octanol–water partition coefficient (Wildman–Crippen LogP) is 1.76. The zero-order valence-electron chi connectivity index (χ0n) is 14.2. The highest BCUT2D eigenvalue weighted by Crippen LogP contribution is 2.28. The zero-order valence-corrected chi connectivity index (χ0v) is 14.2. The quantitative estimate of drug-likeness (QED) is 0.820. The molecule has 0 N–H and O–H groups in total. The number of aryl methyl sites for hydroxylation is 1. The number of halogens is 3. The number of nitrogens with zero attached hydrogens (tertiary/aromatic N) is 6. The van der Waals surface area contributed by atoms with Gasteiger partial charge in [-0.25, -0.2) is 4.98 Å². The minimum atomic E-state index is -4.62.